The van der Waals surface area contributed by atoms with Crippen LogP contribution in [0.1, 0.15) is 25.0 Å². The standard InChI is InChI=1S/C20H23FN2O3/c1-3-26-20(25)18(23-22-17-7-5-4-6-8-17)13-14(2)19(24)15-9-11-16(21)12-10-15/h4-12,18-19,22-24H,2-3,13H2,1H3. The fourth-order valence-electron chi connectivity index (χ4n) is 2.38. The van der Waals surface area contributed by atoms with Crippen LogP contribution < -0.4 is 10.9 Å². The number of halogens is 1. The maximum absolute atomic E-state index is 13.0. The third kappa shape index (κ3) is 5.68. The molecular weight excluding hydrogens is 335 g/mol. The van der Waals surface area contributed by atoms with Crippen molar-refractivity contribution in [1.82, 2.24) is 5.43 Å². The molecule has 0 spiro atoms. The lowest BCUT2D eigenvalue weighted by Gasteiger charge is -2.22. The molecule has 2 aromatic carbocycles. The molecule has 0 amide bonds. The number of carbonyl (C=O) groups excluding carboxylic acids is 1. The summed E-state index contributed by atoms with van der Waals surface area (Å²) in [5.41, 5.74) is 7.57. The molecule has 138 valence electrons. The lowest BCUT2D eigenvalue weighted by molar-refractivity contribution is -0.145. The SMILES string of the molecule is C=C(CC(NNc1ccccc1)C(=O)OCC)C(O)c1ccc(F)cc1. The third-order valence-corrected chi connectivity index (χ3v) is 3.77. The Morgan fingerprint density at radius 1 is 1.19 bits per heavy atom. The van der Waals surface area contributed by atoms with Crippen molar-refractivity contribution >= 4 is 11.7 Å². The number of benzene rings is 2. The Morgan fingerprint density at radius 3 is 2.46 bits per heavy atom. The summed E-state index contributed by atoms with van der Waals surface area (Å²) in [4.78, 5) is 12.2. The lowest BCUT2D eigenvalue weighted by atomic mass is 9.97. The minimum Gasteiger partial charge on any atom is -0.465 e. The zero-order valence-electron chi connectivity index (χ0n) is 14.6. The van der Waals surface area contributed by atoms with Gasteiger partial charge in [-0.2, -0.15) is 0 Å². The van der Waals surface area contributed by atoms with Crippen LogP contribution in [-0.2, 0) is 9.53 Å². The van der Waals surface area contributed by atoms with E-state index >= 15 is 0 Å². The molecule has 0 saturated carbocycles. The molecule has 5 nitrogen and oxygen atoms in total. The van der Waals surface area contributed by atoms with Gasteiger partial charge in [-0.1, -0.05) is 36.9 Å². The summed E-state index contributed by atoms with van der Waals surface area (Å²) in [6.07, 6.45) is -0.858. The second-order valence-corrected chi connectivity index (χ2v) is 5.76. The number of aliphatic hydroxyl groups excluding tert-OH is 1. The molecule has 0 radical (unpaired) electrons. The summed E-state index contributed by atoms with van der Waals surface area (Å²) in [5, 5.41) is 10.4. The van der Waals surface area contributed by atoms with Gasteiger partial charge in [0.2, 0.25) is 0 Å². The number of nitrogens with one attached hydrogen (secondary N) is 2. The number of anilines is 1. The van der Waals surface area contributed by atoms with E-state index in [9.17, 15) is 14.3 Å². The molecule has 2 unspecified atom stereocenters. The highest BCUT2D eigenvalue weighted by atomic mass is 19.1. The Balaban J connectivity index is 2.03. The average molecular weight is 358 g/mol. The minimum absolute atomic E-state index is 0.150. The van der Waals surface area contributed by atoms with Gasteiger partial charge in [0.1, 0.15) is 11.9 Å². The van der Waals surface area contributed by atoms with E-state index in [0.717, 1.165) is 5.69 Å². The molecular formula is C20H23FN2O3. The smallest absolute Gasteiger partial charge is 0.325 e. The van der Waals surface area contributed by atoms with Gasteiger partial charge in [-0.15, -0.1) is 0 Å². The molecule has 0 fully saturated rings. The summed E-state index contributed by atoms with van der Waals surface area (Å²) >= 11 is 0. The molecule has 2 aromatic rings. The fourth-order valence-corrected chi connectivity index (χ4v) is 2.38. The number of hydrogen-bond acceptors (Lipinski definition) is 5. The quantitative estimate of drug-likeness (QED) is 0.364. The van der Waals surface area contributed by atoms with Gasteiger partial charge in [0.25, 0.3) is 0 Å². The number of para-hydroxylation sites is 1. The van der Waals surface area contributed by atoms with Gasteiger partial charge < -0.3 is 15.3 Å². The monoisotopic (exact) mass is 358 g/mol. The highest BCUT2D eigenvalue weighted by molar-refractivity contribution is 5.76. The Morgan fingerprint density at radius 2 is 1.85 bits per heavy atom. The molecule has 6 heteroatoms. The van der Waals surface area contributed by atoms with E-state index in [-0.39, 0.29) is 18.8 Å². The van der Waals surface area contributed by atoms with Crippen molar-refractivity contribution in [3.8, 4) is 0 Å². The molecule has 2 atom stereocenters. The number of rotatable bonds is 9. The second kappa shape index (κ2) is 9.70. The zero-order valence-corrected chi connectivity index (χ0v) is 14.6. The van der Waals surface area contributed by atoms with Crippen LogP contribution >= 0.6 is 0 Å². The second-order valence-electron chi connectivity index (χ2n) is 5.76. The number of ether oxygens (including phenoxy) is 1. The number of hydrazine groups is 1. The summed E-state index contributed by atoms with van der Waals surface area (Å²) in [6.45, 7) is 5.84. The first kappa shape index (κ1) is 19.6. The van der Waals surface area contributed by atoms with E-state index < -0.39 is 18.1 Å². The van der Waals surface area contributed by atoms with Gasteiger partial charge in [-0.05, 0) is 48.7 Å². The normalized spacial score (nSPS) is 12.9. The van der Waals surface area contributed by atoms with Gasteiger partial charge in [-0.25, -0.2) is 9.82 Å². The van der Waals surface area contributed by atoms with E-state index in [0.29, 0.717) is 11.1 Å². The van der Waals surface area contributed by atoms with Crippen molar-refractivity contribution in [2.24, 2.45) is 0 Å². The first-order chi connectivity index (χ1) is 12.5. The zero-order chi connectivity index (χ0) is 18.9. The Labute approximate surface area is 152 Å². The Bertz CT molecular complexity index is 720. The molecule has 0 bridgehead atoms. The molecule has 0 saturated heterocycles. The van der Waals surface area contributed by atoms with E-state index in [1.165, 1.54) is 24.3 Å². The van der Waals surface area contributed by atoms with Crippen molar-refractivity contribution in [2.45, 2.75) is 25.5 Å². The van der Waals surface area contributed by atoms with E-state index in [1.54, 1.807) is 6.92 Å². The largest absolute Gasteiger partial charge is 0.465 e. The predicted molar refractivity (Wildman–Crippen MR) is 98.7 cm³/mol. The maximum atomic E-state index is 13.0. The molecule has 2 rings (SSSR count). The van der Waals surface area contributed by atoms with Gasteiger partial charge in [0.05, 0.1) is 12.7 Å². The van der Waals surface area contributed by atoms with Gasteiger partial charge >= 0.3 is 5.97 Å². The highest BCUT2D eigenvalue weighted by Crippen LogP contribution is 2.24. The van der Waals surface area contributed by atoms with Crippen molar-refractivity contribution < 1.29 is 19.0 Å². The van der Waals surface area contributed by atoms with Crippen molar-refractivity contribution in [3.05, 3.63) is 78.1 Å². The highest BCUT2D eigenvalue weighted by Gasteiger charge is 2.23. The molecule has 0 aliphatic rings. The van der Waals surface area contributed by atoms with Crippen LogP contribution in [0, 0.1) is 5.82 Å². The van der Waals surface area contributed by atoms with Crippen LogP contribution in [0.15, 0.2) is 66.7 Å². The third-order valence-electron chi connectivity index (χ3n) is 3.77. The van der Waals surface area contributed by atoms with Crippen LogP contribution in [0.3, 0.4) is 0 Å². The molecule has 0 aliphatic carbocycles. The van der Waals surface area contributed by atoms with Gasteiger partial charge in [0, 0.05) is 5.69 Å². The number of hydrogen-bond donors (Lipinski definition) is 3. The Kier molecular flexibility index (Phi) is 7.32. The van der Waals surface area contributed by atoms with Crippen LogP contribution in [0.4, 0.5) is 10.1 Å². The summed E-state index contributed by atoms with van der Waals surface area (Å²) in [7, 11) is 0. The fraction of sp³-hybridized carbons (Fsp3) is 0.250. The van der Waals surface area contributed by atoms with Crippen LogP contribution in [0.5, 0.6) is 0 Å². The first-order valence-electron chi connectivity index (χ1n) is 8.35. The molecule has 0 aliphatic heterocycles. The van der Waals surface area contributed by atoms with Gasteiger partial charge in [0.15, 0.2) is 0 Å². The number of esters is 1. The Hall–Kier alpha value is -2.70. The minimum atomic E-state index is -1.01. The molecule has 0 heterocycles. The van der Waals surface area contributed by atoms with E-state index in [1.807, 2.05) is 30.3 Å². The summed E-state index contributed by atoms with van der Waals surface area (Å²) in [6, 6.07) is 14.1. The number of carbonyl (C=O) groups is 1. The average Bonchev–Trinajstić information content (AvgIpc) is 2.66. The van der Waals surface area contributed by atoms with E-state index in [2.05, 4.69) is 17.4 Å². The van der Waals surface area contributed by atoms with Crippen molar-refractivity contribution in [3.63, 3.8) is 0 Å². The first-order valence-corrected chi connectivity index (χ1v) is 8.35. The summed E-state index contributed by atoms with van der Waals surface area (Å²) < 4.78 is 18.1. The predicted octanol–water partition coefficient (Wildman–Crippen LogP) is 3.35. The van der Waals surface area contributed by atoms with Crippen molar-refractivity contribution in [2.75, 3.05) is 12.0 Å². The molecule has 0 aromatic heterocycles. The van der Waals surface area contributed by atoms with Crippen LogP contribution in [-0.4, -0.2) is 23.7 Å². The van der Waals surface area contributed by atoms with Crippen LogP contribution in [0.2, 0.25) is 0 Å². The van der Waals surface area contributed by atoms with Crippen LogP contribution in [0.25, 0.3) is 0 Å². The molecule has 26 heavy (non-hydrogen) atoms. The van der Waals surface area contributed by atoms with E-state index in [4.69, 9.17) is 4.74 Å². The summed E-state index contributed by atoms with van der Waals surface area (Å²) in [5.74, 6) is -0.840. The maximum Gasteiger partial charge on any atom is 0.325 e. The molecule has 3 N–H and O–H groups in total. The van der Waals surface area contributed by atoms with Gasteiger partial charge in [-0.3, -0.25) is 4.79 Å². The lowest BCUT2D eigenvalue weighted by Crippen LogP contribution is -2.42. The number of aliphatic hydroxyl groups is 1. The van der Waals surface area contributed by atoms with Crippen molar-refractivity contribution in [1.29, 1.82) is 0 Å². The topological polar surface area (TPSA) is 70.6 Å².